The quantitative estimate of drug-likeness (QED) is 0.388. The standard InChI is InChI=1S/C19H23Br2FN4O2/c1-19(2,3)16-8-11(5-7-26(16)18(27)28)15(4-6-23)24-25-17-13(20)9-12(22)10-14(17)21/h9-11,16,25H,4-5,7-8H2,1-3H3,(H,27,28)/b24-15+. The van der Waals surface area contributed by atoms with E-state index in [9.17, 15) is 19.6 Å². The van der Waals surface area contributed by atoms with Gasteiger partial charge in [0.2, 0.25) is 0 Å². The van der Waals surface area contributed by atoms with E-state index in [0.717, 1.165) is 0 Å². The van der Waals surface area contributed by atoms with Gasteiger partial charge in [0.1, 0.15) is 5.82 Å². The maximum Gasteiger partial charge on any atom is 0.407 e. The largest absolute Gasteiger partial charge is 0.465 e. The first kappa shape index (κ1) is 22.6. The zero-order valence-electron chi connectivity index (χ0n) is 16.0. The summed E-state index contributed by atoms with van der Waals surface area (Å²) in [6, 6.07) is 4.63. The normalized spacial score (nSPS) is 20.6. The van der Waals surface area contributed by atoms with Crippen LogP contribution in [0.3, 0.4) is 0 Å². The van der Waals surface area contributed by atoms with Crippen molar-refractivity contribution in [1.29, 1.82) is 5.26 Å². The highest BCUT2D eigenvalue weighted by Gasteiger charge is 2.40. The Morgan fingerprint density at radius 3 is 2.54 bits per heavy atom. The van der Waals surface area contributed by atoms with Gasteiger partial charge in [-0.25, -0.2) is 9.18 Å². The van der Waals surface area contributed by atoms with Crippen molar-refractivity contribution in [2.24, 2.45) is 16.4 Å². The SMILES string of the molecule is CC(C)(C)C1CC(/C(CC#N)=N/Nc2c(Br)cc(F)cc2Br)CCN1C(=O)O. The summed E-state index contributed by atoms with van der Waals surface area (Å²) in [6.07, 6.45) is 0.420. The molecule has 2 rings (SSSR count). The van der Waals surface area contributed by atoms with Crippen molar-refractivity contribution in [3.8, 4) is 6.07 Å². The smallest absolute Gasteiger partial charge is 0.407 e. The van der Waals surface area contributed by atoms with E-state index in [4.69, 9.17) is 0 Å². The highest BCUT2D eigenvalue weighted by atomic mass is 79.9. The minimum absolute atomic E-state index is 0.00928. The molecule has 1 aromatic rings. The fourth-order valence-electron chi connectivity index (χ4n) is 3.45. The molecule has 6 nitrogen and oxygen atoms in total. The van der Waals surface area contributed by atoms with Crippen LogP contribution < -0.4 is 5.43 Å². The summed E-state index contributed by atoms with van der Waals surface area (Å²) in [5.74, 6) is -0.399. The van der Waals surface area contributed by atoms with Crippen LogP contribution in [0.25, 0.3) is 0 Å². The third-order valence-corrected chi connectivity index (χ3v) is 6.15. The maximum absolute atomic E-state index is 13.5. The number of benzene rings is 1. The predicted octanol–water partition coefficient (Wildman–Crippen LogP) is 5.84. The first-order chi connectivity index (χ1) is 13.0. The minimum atomic E-state index is -0.922. The topological polar surface area (TPSA) is 88.7 Å². The third-order valence-electron chi connectivity index (χ3n) is 4.90. The number of likely N-dealkylation sites (tertiary alicyclic amines) is 1. The van der Waals surface area contributed by atoms with Gasteiger partial charge in [0.05, 0.1) is 23.9 Å². The molecule has 1 aromatic carbocycles. The predicted molar refractivity (Wildman–Crippen MR) is 114 cm³/mol. The number of rotatable bonds is 4. The molecule has 2 N–H and O–H groups in total. The van der Waals surface area contributed by atoms with Gasteiger partial charge in [-0.3, -0.25) is 5.43 Å². The van der Waals surface area contributed by atoms with Crippen LogP contribution in [0.5, 0.6) is 0 Å². The molecule has 0 spiro atoms. The van der Waals surface area contributed by atoms with Crippen molar-refractivity contribution in [3.05, 3.63) is 26.9 Å². The summed E-state index contributed by atoms with van der Waals surface area (Å²) in [5.41, 5.74) is 3.93. The van der Waals surface area contributed by atoms with E-state index >= 15 is 0 Å². The lowest BCUT2D eigenvalue weighted by Gasteiger charge is -2.44. The molecule has 1 aliphatic rings. The highest BCUT2D eigenvalue weighted by Crippen LogP contribution is 2.36. The van der Waals surface area contributed by atoms with Crippen molar-refractivity contribution in [2.75, 3.05) is 12.0 Å². The lowest BCUT2D eigenvalue weighted by atomic mass is 9.75. The average Bonchev–Trinajstić information content (AvgIpc) is 2.58. The minimum Gasteiger partial charge on any atom is -0.465 e. The van der Waals surface area contributed by atoms with E-state index in [2.05, 4.69) is 48.5 Å². The molecule has 1 aliphatic heterocycles. The van der Waals surface area contributed by atoms with Gasteiger partial charge in [-0.1, -0.05) is 20.8 Å². The van der Waals surface area contributed by atoms with Gasteiger partial charge in [-0.05, 0) is 62.2 Å². The van der Waals surface area contributed by atoms with E-state index < -0.39 is 6.09 Å². The maximum atomic E-state index is 13.5. The van der Waals surface area contributed by atoms with Crippen LogP contribution in [0.2, 0.25) is 0 Å². The molecule has 2 atom stereocenters. The second kappa shape index (κ2) is 9.23. The van der Waals surface area contributed by atoms with Gasteiger partial charge in [0.15, 0.2) is 0 Å². The Balaban J connectivity index is 2.27. The molecule has 1 heterocycles. The summed E-state index contributed by atoms with van der Waals surface area (Å²) < 4.78 is 14.5. The molecule has 0 bridgehead atoms. The average molecular weight is 518 g/mol. The van der Waals surface area contributed by atoms with E-state index in [-0.39, 0.29) is 29.6 Å². The number of carbonyl (C=O) groups is 1. The number of nitrogens with one attached hydrogen (secondary N) is 1. The number of amides is 1. The van der Waals surface area contributed by atoms with Crippen LogP contribution in [-0.2, 0) is 0 Å². The Bertz CT molecular complexity index is 794. The van der Waals surface area contributed by atoms with Crippen LogP contribution >= 0.6 is 31.9 Å². The number of hydrazone groups is 1. The van der Waals surface area contributed by atoms with Crippen molar-refractivity contribution in [1.82, 2.24) is 4.90 Å². The Labute approximate surface area is 181 Å². The van der Waals surface area contributed by atoms with E-state index in [1.54, 1.807) is 0 Å². The van der Waals surface area contributed by atoms with Crippen LogP contribution in [0.4, 0.5) is 14.9 Å². The second-order valence-electron chi connectivity index (χ2n) is 7.87. The van der Waals surface area contributed by atoms with Crippen molar-refractivity contribution in [2.45, 2.75) is 46.1 Å². The van der Waals surface area contributed by atoms with Gasteiger partial charge < -0.3 is 10.0 Å². The number of anilines is 1. The fraction of sp³-hybridized carbons (Fsp3) is 0.526. The van der Waals surface area contributed by atoms with Gasteiger partial charge in [0.25, 0.3) is 0 Å². The van der Waals surface area contributed by atoms with Crippen LogP contribution in [-0.4, -0.2) is 34.4 Å². The molecule has 0 radical (unpaired) electrons. The molecule has 0 aliphatic carbocycles. The van der Waals surface area contributed by atoms with Crippen LogP contribution in [0.1, 0.15) is 40.0 Å². The second-order valence-corrected chi connectivity index (χ2v) is 9.58. The molecular formula is C19H23Br2FN4O2. The molecule has 28 heavy (non-hydrogen) atoms. The lowest BCUT2D eigenvalue weighted by Crippen LogP contribution is -2.52. The van der Waals surface area contributed by atoms with Crippen molar-refractivity contribution in [3.63, 3.8) is 0 Å². The first-order valence-corrected chi connectivity index (χ1v) is 10.5. The molecule has 0 saturated carbocycles. The zero-order chi connectivity index (χ0) is 21.1. The van der Waals surface area contributed by atoms with Crippen LogP contribution in [0, 0.1) is 28.5 Å². The summed E-state index contributed by atoms with van der Waals surface area (Å²) >= 11 is 6.61. The Hall–Kier alpha value is -1.66. The number of carboxylic acid groups (broad SMARTS) is 1. The Kier molecular flexibility index (Phi) is 7.46. The Morgan fingerprint density at radius 2 is 2.04 bits per heavy atom. The number of hydrogen-bond acceptors (Lipinski definition) is 4. The van der Waals surface area contributed by atoms with Crippen molar-refractivity contribution >= 4 is 49.4 Å². The van der Waals surface area contributed by atoms with E-state index in [1.165, 1.54) is 17.0 Å². The number of nitriles is 1. The molecule has 2 unspecified atom stereocenters. The van der Waals surface area contributed by atoms with Gasteiger partial charge >= 0.3 is 6.09 Å². The van der Waals surface area contributed by atoms with Gasteiger partial charge in [-0.15, -0.1) is 0 Å². The summed E-state index contributed by atoms with van der Waals surface area (Å²) in [6.45, 7) is 6.45. The van der Waals surface area contributed by atoms with E-state index in [0.29, 0.717) is 39.7 Å². The molecule has 0 aromatic heterocycles. The lowest BCUT2D eigenvalue weighted by molar-refractivity contribution is 0.0507. The number of piperidine rings is 1. The zero-order valence-corrected chi connectivity index (χ0v) is 19.1. The summed E-state index contributed by atoms with van der Waals surface area (Å²) in [7, 11) is 0. The highest BCUT2D eigenvalue weighted by molar-refractivity contribution is 9.11. The fourth-order valence-corrected chi connectivity index (χ4v) is 4.76. The molecule has 1 amide bonds. The Morgan fingerprint density at radius 1 is 1.43 bits per heavy atom. The van der Waals surface area contributed by atoms with Crippen molar-refractivity contribution < 1.29 is 14.3 Å². The molecule has 1 fully saturated rings. The van der Waals surface area contributed by atoms with Gasteiger partial charge in [0, 0.05) is 27.4 Å². The van der Waals surface area contributed by atoms with Crippen LogP contribution in [0.15, 0.2) is 26.2 Å². The molecule has 1 saturated heterocycles. The third kappa shape index (κ3) is 5.45. The number of nitrogens with zero attached hydrogens (tertiary/aromatic N) is 3. The molecule has 152 valence electrons. The molecular weight excluding hydrogens is 495 g/mol. The molecule has 9 heteroatoms. The van der Waals surface area contributed by atoms with E-state index in [1.807, 2.05) is 20.8 Å². The summed E-state index contributed by atoms with van der Waals surface area (Å²) in [4.78, 5) is 13.1. The monoisotopic (exact) mass is 516 g/mol. The van der Waals surface area contributed by atoms with Gasteiger partial charge in [-0.2, -0.15) is 10.4 Å². The number of halogens is 3. The number of hydrogen-bond donors (Lipinski definition) is 2. The first-order valence-electron chi connectivity index (χ1n) is 8.88. The summed E-state index contributed by atoms with van der Waals surface area (Å²) in [5, 5.41) is 23.2.